The summed E-state index contributed by atoms with van der Waals surface area (Å²) >= 11 is 2.14. The summed E-state index contributed by atoms with van der Waals surface area (Å²) < 4.78 is 38.6. The zero-order chi connectivity index (χ0) is 13.2. The van der Waals surface area contributed by atoms with Crippen molar-refractivity contribution in [1.29, 1.82) is 0 Å². The molecule has 0 heterocycles. The Bertz CT molecular complexity index is 651. The topological polar surface area (TPSA) is 34.1 Å². The Hall–Kier alpha value is -0.950. The highest BCUT2D eigenvalue weighted by molar-refractivity contribution is 14.1. The number of rotatable bonds is 3. The zero-order valence-electron chi connectivity index (χ0n) is 9.31. The van der Waals surface area contributed by atoms with Gasteiger partial charge >= 0.3 is 0 Å². The minimum Gasteiger partial charge on any atom is -0.223 e. The third-order valence-corrected chi connectivity index (χ3v) is 4.88. The summed E-state index contributed by atoms with van der Waals surface area (Å²) in [6.07, 6.45) is 0. The van der Waals surface area contributed by atoms with Crippen LogP contribution in [0.2, 0.25) is 0 Å². The lowest BCUT2D eigenvalue weighted by atomic mass is 10.2. The summed E-state index contributed by atoms with van der Waals surface area (Å²) in [6, 6.07) is 12.6. The number of hydrogen-bond acceptors (Lipinski definition) is 2. The predicted octanol–water partition coefficient (Wildman–Crippen LogP) is 3.40. The van der Waals surface area contributed by atoms with Crippen molar-refractivity contribution in [3.63, 3.8) is 0 Å². The Morgan fingerprint density at radius 1 is 1.00 bits per heavy atom. The van der Waals surface area contributed by atoms with Gasteiger partial charge in [0.1, 0.15) is 10.7 Å². The zero-order valence-corrected chi connectivity index (χ0v) is 12.3. The van der Waals surface area contributed by atoms with E-state index in [-0.39, 0.29) is 10.6 Å². The van der Waals surface area contributed by atoms with Crippen molar-refractivity contribution in [3.05, 3.63) is 63.5 Å². The van der Waals surface area contributed by atoms with Crippen LogP contribution in [0, 0.1) is 9.39 Å². The number of benzene rings is 2. The maximum absolute atomic E-state index is 13.5. The fourth-order valence-corrected chi connectivity index (χ4v) is 3.37. The van der Waals surface area contributed by atoms with Gasteiger partial charge in [0.25, 0.3) is 0 Å². The molecule has 0 saturated carbocycles. The van der Waals surface area contributed by atoms with Crippen molar-refractivity contribution in [2.24, 2.45) is 0 Å². The first-order valence-electron chi connectivity index (χ1n) is 5.21. The van der Waals surface area contributed by atoms with E-state index in [9.17, 15) is 12.8 Å². The van der Waals surface area contributed by atoms with Gasteiger partial charge in [0, 0.05) is 3.57 Å². The lowest BCUT2D eigenvalue weighted by Gasteiger charge is -2.05. The highest BCUT2D eigenvalue weighted by Crippen LogP contribution is 2.19. The van der Waals surface area contributed by atoms with Crippen molar-refractivity contribution in [2.45, 2.75) is 10.6 Å². The van der Waals surface area contributed by atoms with Crippen LogP contribution in [0.3, 0.4) is 0 Å². The molecule has 94 valence electrons. The van der Waals surface area contributed by atoms with E-state index in [0.29, 0.717) is 5.56 Å². The van der Waals surface area contributed by atoms with E-state index in [0.717, 1.165) is 9.64 Å². The molecule has 0 atom stereocenters. The van der Waals surface area contributed by atoms with Crippen LogP contribution in [-0.2, 0) is 15.6 Å². The molecule has 0 radical (unpaired) electrons. The van der Waals surface area contributed by atoms with Gasteiger partial charge in [-0.1, -0.05) is 24.3 Å². The molecule has 0 bridgehead atoms. The minimum atomic E-state index is -3.63. The van der Waals surface area contributed by atoms with Crippen LogP contribution in [0.5, 0.6) is 0 Å². The van der Waals surface area contributed by atoms with Gasteiger partial charge in [0.05, 0.1) is 5.75 Å². The van der Waals surface area contributed by atoms with Crippen LogP contribution >= 0.6 is 22.6 Å². The first-order valence-corrected chi connectivity index (χ1v) is 7.94. The monoisotopic (exact) mass is 376 g/mol. The quantitative estimate of drug-likeness (QED) is 0.770. The van der Waals surface area contributed by atoms with Gasteiger partial charge in [-0.3, -0.25) is 0 Å². The van der Waals surface area contributed by atoms with Gasteiger partial charge in [0.15, 0.2) is 9.84 Å². The van der Waals surface area contributed by atoms with Crippen LogP contribution in [0.4, 0.5) is 4.39 Å². The fourth-order valence-electron chi connectivity index (χ4n) is 1.57. The Kier molecular flexibility index (Phi) is 4.01. The first kappa shape index (κ1) is 13.5. The Morgan fingerprint density at radius 3 is 2.22 bits per heavy atom. The lowest BCUT2D eigenvalue weighted by Crippen LogP contribution is -2.07. The molecule has 0 aromatic heterocycles. The molecule has 0 fully saturated rings. The molecule has 2 aromatic rings. The second-order valence-corrected chi connectivity index (χ2v) is 7.02. The van der Waals surface area contributed by atoms with E-state index in [1.165, 1.54) is 18.2 Å². The molecule has 0 aliphatic carbocycles. The molecule has 2 aromatic carbocycles. The molecule has 0 aliphatic rings. The standard InChI is InChI=1S/C13H10FIO2S/c14-12-3-1-2-4-13(12)18(16,17)9-10-5-7-11(15)8-6-10/h1-8H,9H2. The van der Waals surface area contributed by atoms with Crippen molar-refractivity contribution < 1.29 is 12.8 Å². The van der Waals surface area contributed by atoms with E-state index < -0.39 is 15.7 Å². The number of halogens is 2. The Labute approximate surface area is 119 Å². The van der Waals surface area contributed by atoms with Crippen molar-refractivity contribution >= 4 is 32.4 Å². The van der Waals surface area contributed by atoms with E-state index in [2.05, 4.69) is 22.6 Å². The van der Waals surface area contributed by atoms with Gasteiger partial charge in [-0.25, -0.2) is 12.8 Å². The van der Waals surface area contributed by atoms with Crippen molar-refractivity contribution in [1.82, 2.24) is 0 Å². The molecule has 5 heteroatoms. The third kappa shape index (κ3) is 3.08. The molecule has 0 saturated heterocycles. The molecule has 0 spiro atoms. The van der Waals surface area contributed by atoms with E-state index in [4.69, 9.17) is 0 Å². The largest absolute Gasteiger partial charge is 0.223 e. The average Bonchev–Trinajstić information content (AvgIpc) is 2.32. The average molecular weight is 376 g/mol. The highest BCUT2D eigenvalue weighted by Gasteiger charge is 2.19. The molecule has 2 nitrogen and oxygen atoms in total. The molecule has 0 amide bonds. The fraction of sp³-hybridized carbons (Fsp3) is 0.0769. The molecule has 0 aliphatic heterocycles. The third-order valence-electron chi connectivity index (χ3n) is 2.44. The number of hydrogen-bond donors (Lipinski definition) is 0. The predicted molar refractivity (Wildman–Crippen MR) is 76.4 cm³/mol. The summed E-state index contributed by atoms with van der Waals surface area (Å²) in [6.45, 7) is 0. The molecular formula is C13H10FIO2S. The summed E-state index contributed by atoms with van der Waals surface area (Å²) in [4.78, 5) is -0.247. The summed E-state index contributed by atoms with van der Waals surface area (Å²) in [5, 5.41) is 0. The second-order valence-electron chi connectivity index (χ2n) is 3.82. The Morgan fingerprint density at radius 2 is 1.61 bits per heavy atom. The summed E-state index contributed by atoms with van der Waals surface area (Å²) in [7, 11) is -3.63. The van der Waals surface area contributed by atoms with Gasteiger partial charge in [-0.2, -0.15) is 0 Å². The number of sulfone groups is 1. The van der Waals surface area contributed by atoms with Gasteiger partial charge in [-0.15, -0.1) is 0 Å². The normalized spacial score (nSPS) is 11.4. The van der Waals surface area contributed by atoms with Crippen LogP contribution < -0.4 is 0 Å². The second kappa shape index (κ2) is 5.36. The van der Waals surface area contributed by atoms with Gasteiger partial charge in [0.2, 0.25) is 0 Å². The van der Waals surface area contributed by atoms with Crippen LogP contribution in [-0.4, -0.2) is 8.42 Å². The summed E-state index contributed by atoms with van der Waals surface area (Å²) in [5.41, 5.74) is 0.652. The molecule has 2 rings (SSSR count). The SMILES string of the molecule is O=S(=O)(Cc1ccc(I)cc1)c1ccccc1F. The van der Waals surface area contributed by atoms with E-state index in [1.54, 1.807) is 12.1 Å². The van der Waals surface area contributed by atoms with Crippen LogP contribution in [0.1, 0.15) is 5.56 Å². The molecule has 0 N–H and O–H groups in total. The van der Waals surface area contributed by atoms with Gasteiger partial charge < -0.3 is 0 Å². The van der Waals surface area contributed by atoms with Gasteiger partial charge in [-0.05, 0) is 52.4 Å². The highest BCUT2D eigenvalue weighted by atomic mass is 127. The molecule has 0 unspecified atom stereocenters. The molecule has 18 heavy (non-hydrogen) atoms. The minimum absolute atomic E-state index is 0.190. The van der Waals surface area contributed by atoms with Crippen molar-refractivity contribution in [3.8, 4) is 0 Å². The first-order chi connectivity index (χ1) is 8.49. The summed E-state index contributed by atoms with van der Waals surface area (Å²) in [5.74, 6) is -0.895. The molecular weight excluding hydrogens is 366 g/mol. The van der Waals surface area contributed by atoms with E-state index >= 15 is 0 Å². The van der Waals surface area contributed by atoms with Crippen LogP contribution in [0.25, 0.3) is 0 Å². The van der Waals surface area contributed by atoms with Crippen LogP contribution in [0.15, 0.2) is 53.4 Å². The smallest absolute Gasteiger partial charge is 0.185 e. The maximum Gasteiger partial charge on any atom is 0.185 e. The Balaban J connectivity index is 2.33. The van der Waals surface area contributed by atoms with E-state index in [1.807, 2.05) is 12.1 Å². The maximum atomic E-state index is 13.5. The van der Waals surface area contributed by atoms with Crippen molar-refractivity contribution in [2.75, 3.05) is 0 Å². The lowest BCUT2D eigenvalue weighted by molar-refractivity contribution is 0.566.